The number of nitrogens with zero attached hydrogens (tertiary/aromatic N) is 4. The van der Waals surface area contributed by atoms with Crippen LogP contribution in [0.15, 0.2) is 5.16 Å². The van der Waals surface area contributed by atoms with Crippen LogP contribution in [0, 0.1) is 11.8 Å². The maximum atomic E-state index is 12.4. The second-order valence-corrected chi connectivity index (χ2v) is 9.71. The predicted octanol–water partition coefficient (Wildman–Crippen LogP) is 2.81. The van der Waals surface area contributed by atoms with Gasteiger partial charge in [0.05, 0.1) is 5.25 Å². The summed E-state index contributed by atoms with van der Waals surface area (Å²) >= 11 is 1.37. The molecule has 0 radical (unpaired) electrons. The molecular formula is C19H32N6O2S. The molecule has 8 nitrogen and oxygen atoms in total. The minimum absolute atomic E-state index is 0.315. The highest BCUT2D eigenvalue weighted by Gasteiger charge is 2.33. The second kappa shape index (κ2) is 9.15. The van der Waals surface area contributed by atoms with Crippen molar-refractivity contribution >= 4 is 29.6 Å². The number of thioether (sulfide) groups is 1. The Balaban J connectivity index is 1.62. The molecule has 3 rings (SSSR count). The van der Waals surface area contributed by atoms with Gasteiger partial charge in [0.15, 0.2) is 5.16 Å². The first kappa shape index (κ1) is 21.0. The molecule has 2 fully saturated rings. The topological polar surface area (TPSA) is 92.2 Å². The molecule has 28 heavy (non-hydrogen) atoms. The summed E-state index contributed by atoms with van der Waals surface area (Å²) in [7, 11) is 0. The third-order valence-electron chi connectivity index (χ3n) is 5.18. The standard InChI is InChI=1S/C19H32N6O2S/c1-12(2)11-20-17(27)21-16(26)14(4)28-19-23-22-18(25(19)15-5-6-15)24-9-7-13(3)8-10-24/h12-15H,5-11H2,1-4H3,(H2,20,21,26,27). The third-order valence-corrected chi connectivity index (χ3v) is 6.24. The van der Waals surface area contributed by atoms with E-state index in [1.54, 1.807) is 6.92 Å². The molecule has 156 valence electrons. The van der Waals surface area contributed by atoms with E-state index in [0.29, 0.717) is 18.5 Å². The van der Waals surface area contributed by atoms with E-state index in [9.17, 15) is 9.59 Å². The van der Waals surface area contributed by atoms with Crippen molar-refractivity contribution in [2.75, 3.05) is 24.5 Å². The summed E-state index contributed by atoms with van der Waals surface area (Å²) in [6, 6.07) is -0.0191. The van der Waals surface area contributed by atoms with Crippen LogP contribution in [0.1, 0.15) is 59.4 Å². The van der Waals surface area contributed by atoms with Gasteiger partial charge in [-0.05, 0) is 44.4 Å². The van der Waals surface area contributed by atoms with Gasteiger partial charge < -0.3 is 10.2 Å². The van der Waals surface area contributed by atoms with Crippen molar-refractivity contribution in [2.45, 2.75) is 69.8 Å². The molecule has 1 atom stereocenters. The Morgan fingerprint density at radius 2 is 1.82 bits per heavy atom. The van der Waals surface area contributed by atoms with Crippen molar-refractivity contribution in [1.29, 1.82) is 0 Å². The lowest BCUT2D eigenvalue weighted by Gasteiger charge is -2.31. The monoisotopic (exact) mass is 408 g/mol. The maximum Gasteiger partial charge on any atom is 0.321 e. The van der Waals surface area contributed by atoms with Crippen LogP contribution < -0.4 is 15.5 Å². The molecule has 2 aliphatic rings. The van der Waals surface area contributed by atoms with E-state index in [4.69, 9.17) is 0 Å². The van der Waals surface area contributed by atoms with Crippen LogP contribution in [0.3, 0.4) is 0 Å². The molecule has 1 unspecified atom stereocenters. The fraction of sp³-hybridized carbons (Fsp3) is 0.789. The van der Waals surface area contributed by atoms with E-state index in [1.165, 1.54) is 24.6 Å². The van der Waals surface area contributed by atoms with Crippen LogP contribution in [-0.4, -0.2) is 51.6 Å². The Morgan fingerprint density at radius 1 is 1.14 bits per heavy atom. The normalized spacial score (nSPS) is 19.0. The molecule has 9 heteroatoms. The van der Waals surface area contributed by atoms with Gasteiger partial charge in [-0.2, -0.15) is 0 Å². The zero-order valence-corrected chi connectivity index (χ0v) is 18.1. The van der Waals surface area contributed by atoms with Gasteiger partial charge >= 0.3 is 6.03 Å². The number of piperidine rings is 1. The largest absolute Gasteiger partial charge is 0.341 e. The van der Waals surface area contributed by atoms with Crippen LogP contribution in [0.4, 0.5) is 10.7 Å². The number of anilines is 1. The minimum atomic E-state index is -0.446. The maximum absolute atomic E-state index is 12.4. The zero-order valence-electron chi connectivity index (χ0n) is 17.3. The molecule has 0 bridgehead atoms. The summed E-state index contributed by atoms with van der Waals surface area (Å²) in [5.41, 5.74) is 0. The number of rotatable bonds is 7. The molecule has 0 aromatic carbocycles. The van der Waals surface area contributed by atoms with Gasteiger partial charge in [-0.15, -0.1) is 10.2 Å². The van der Waals surface area contributed by atoms with Gasteiger partial charge in [0.2, 0.25) is 11.9 Å². The lowest BCUT2D eigenvalue weighted by molar-refractivity contribution is -0.119. The van der Waals surface area contributed by atoms with E-state index < -0.39 is 11.3 Å². The fourth-order valence-electron chi connectivity index (χ4n) is 3.19. The summed E-state index contributed by atoms with van der Waals surface area (Å²) < 4.78 is 2.20. The smallest absolute Gasteiger partial charge is 0.321 e. The number of hydrogen-bond acceptors (Lipinski definition) is 6. The summed E-state index contributed by atoms with van der Waals surface area (Å²) in [5, 5.41) is 14.3. The Labute approximate surface area is 171 Å². The van der Waals surface area contributed by atoms with Gasteiger partial charge in [-0.25, -0.2) is 4.79 Å². The van der Waals surface area contributed by atoms with E-state index in [2.05, 4.69) is 37.2 Å². The molecule has 1 aliphatic carbocycles. The highest BCUT2D eigenvalue weighted by atomic mass is 32.2. The Kier molecular flexibility index (Phi) is 6.85. The first-order chi connectivity index (χ1) is 13.3. The van der Waals surface area contributed by atoms with E-state index in [-0.39, 0.29) is 5.91 Å². The summed E-state index contributed by atoms with van der Waals surface area (Å²) in [5.74, 6) is 1.71. The number of carbonyl (C=O) groups is 2. The van der Waals surface area contributed by atoms with Gasteiger partial charge in [0.1, 0.15) is 0 Å². The number of urea groups is 1. The average Bonchev–Trinajstić information content (AvgIpc) is 3.41. The molecule has 0 spiro atoms. The van der Waals surface area contributed by atoms with E-state index in [0.717, 1.165) is 43.0 Å². The van der Waals surface area contributed by atoms with Crippen LogP contribution in [-0.2, 0) is 4.79 Å². The van der Waals surface area contributed by atoms with Gasteiger partial charge in [0.25, 0.3) is 0 Å². The third kappa shape index (κ3) is 5.40. The molecular weight excluding hydrogens is 376 g/mol. The number of aromatic nitrogens is 3. The molecule has 1 saturated carbocycles. The van der Waals surface area contributed by atoms with Crippen molar-refractivity contribution in [3.63, 3.8) is 0 Å². The van der Waals surface area contributed by atoms with E-state index in [1.807, 2.05) is 13.8 Å². The van der Waals surface area contributed by atoms with Crippen LogP contribution >= 0.6 is 11.8 Å². The summed E-state index contributed by atoms with van der Waals surface area (Å²) in [6.07, 6.45) is 4.59. The molecule has 1 saturated heterocycles. The SMILES string of the molecule is CC(C)CNC(=O)NC(=O)C(C)Sc1nnc(N2CCC(C)CC2)n1C1CC1. The van der Waals surface area contributed by atoms with Crippen LogP contribution in [0.25, 0.3) is 0 Å². The van der Waals surface area contributed by atoms with Gasteiger partial charge in [-0.3, -0.25) is 14.7 Å². The Bertz CT molecular complexity index is 695. The predicted molar refractivity (Wildman–Crippen MR) is 111 cm³/mol. The Morgan fingerprint density at radius 3 is 2.43 bits per heavy atom. The van der Waals surface area contributed by atoms with Crippen molar-refractivity contribution in [2.24, 2.45) is 11.8 Å². The second-order valence-electron chi connectivity index (χ2n) is 8.41. The molecule has 3 amide bonds. The van der Waals surface area contributed by atoms with E-state index >= 15 is 0 Å². The lowest BCUT2D eigenvalue weighted by Crippen LogP contribution is -2.43. The Hall–Kier alpha value is -1.77. The number of nitrogens with one attached hydrogen (secondary N) is 2. The molecule has 1 aromatic heterocycles. The van der Waals surface area contributed by atoms with Crippen molar-refractivity contribution in [1.82, 2.24) is 25.4 Å². The fourth-order valence-corrected chi connectivity index (χ4v) is 4.11. The highest BCUT2D eigenvalue weighted by Crippen LogP contribution is 2.42. The first-order valence-corrected chi connectivity index (χ1v) is 11.2. The zero-order chi connectivity index (χ0) is 20.3. The number of amides is 3. The summed E-state index contributed by atoms with van der Waals surface area (Å²) in [6.45, 7) is 10.6. The molecule has 2 N–H and O–H groups in total. The number of hydrogen-bond donors (Lipinski definition) is 2. The van der Waals surface area contributed by atoms with Crippen molar-refractivity contribution in [3.05, 3.63) is 0 Å². The van der Waals surface area contributed by atoms with Gasteiger partial charge in [0, 0.05) is 25.7 Å². The van der Waals surface area contributed by atoms with Crippen molar-refractivity contribution in [3.8, 4) is 0 Å². The first-order valence-electron chi connectivity index (χ1n) is 10.3. The average molecular weight is 409 g/mol. The van der Waals surface area contributed by atoms with Crippen LogP contribution in [0.2, 0.25) is 0 Å². The highest BCUT2D eigenvalue weighted by molar-refractivity contribution is 8.00. The van der Waals surface area contributed by atoms with Gasteiger partial charge in [-0.1, -0.05) is 32.5 Å². The molecule has 1 aliphatic heterocycles. The lowest BCUT2D eigenvalue weighted by atomic mass is 10.00. The molecule has 1 aromatic rings. The van der Waals surface area contributed by atoms with Crippen molar-refractivity contribution < 1.29 is 9.59 Å². The number of carbonyl (C=O) groups excluding carboxylic acids is 2. The van der Waals surface area contributed by atoms with Crippen LogP contribution in [0.5, 0.6) is 0 Å². The number of imide groups is 1. The molecule has 2 heterocycles. The quantitative estimate of drug-likeness (QED) is 0.674. The summed E-state index contributed by atoms with van der Waals surface area (Å²) in [4.78, 5) is 26.5. The minimum Gasteiger partial charge on any atom is -0.341 e.